The van der Waals surface area contributed by atoms with Gasteiger partial charge in [-0.05, 0) is 24.3 Å². The summed E-state index contributed by atoms with van der Waals surface area (Å²) in [6, 6.07) is 13.4. The topological polar surface area (TPSA) is 44.5 Å². The molecule has 3 nitrogen and oxygen atoms in total. The molecule has 0 spiro atoms. The number of benzene rings is 2. The summed E-state index contributed by atoms with van der Waals surface area (Å²) in [7, 11) is 1.64. The Bertz CT molecular complexity index is 566. The minimum atomic E-state index is -0.162. The van der Waals surface area contributed by atoms with Crippen molar-refractivity contribution in [1.29, 1.82) is 0 Å². The first kappa shape index (κ1) is 10.2. The highest BCUT2D eigenvalue weighted by Gasteiger charge is 2.24. The number of hydrogen-bond acceptors (Lipinski definition) is 3. The van der Waals surface area contributed by atoms with Crippen molar-refractivity contribution in [2.45, 2.75) is 6.04 Å². The molecule has 3 heteroatoms. The van der Waals surface area contributed by atoms with Crippen molar-refractivity contribution in [2.24, 2.45) is 5.73 Å². The zero-order valence-corrected chi connectivity index (χ0v) is 9.51. The summed E-state index contributed by atoms with van der Waals surface area (Å²) in [6.07, 6.45) is 0. The average molecular weight is 227 g/mol. The Morgan fingerprint density at radius 3 is 2.65 bits per heavy atom. The zero-order valence-electron chi connectivity index (χ0n) is 9.51. The van der Waals surface area contributed by atoms with Gasteiger partial charge in [-0.25, -0.2) is 0 Å². The van der Waals surface area contributed by atoms with Gasteiger partial charge in [-0.15, -0.1) is 0 Å². The molecule has 1 heterocycles. The lowest BCUT2D eigenvalue weighted by Crippen LogP contribution is -2.17. The monoisotopic (exact) mass is 227 g/mol. The molecule has 0 saturated heterocycles. The molecule has 1 aliphatic rings. The molecule has 17 heavy (non-hydrogen) atoms. The van der Waals surface area contributed by atoms with Crippen LogP contribution in [0.2, 0.25) is 0 Å². The van der Waals surface area contributed by atoms with Gasteiger partial charge in [0.1, 0.15) is 17.2 Å². The van der Waals surface area contributed by atoms with Gasteiger partial charge in [-0.2, -0.15) is 0 Å². The molecule has 0 saturated carbocycles. The minimum Gasteiger partial charge on any atom is -0.497 e. The van der Waals surface area contributed by atoms with Gasteiger partial charge in [0.05, 0.1) is 13.2 Å². The predicted molar refractivity (Wildman–Crippen MR) is 65.5 cm³/mol. The molecule has 0 radical (unpaired) electrons. The molecule has 86 valence electrons. The summed E-state index contributed by atoms with van der Waals surface area (Å²) in [5.41, 5.74) is 8.21. The van der Waals surface area contributed by atoms with Crippen LogP contribution in [0.25, 0.3) is 0 Å². The summed E-state index contributed by atoms with van der Waals surface area (Å²) in [5, 5.41) is 0. The summed E-state index contributed by atoms with van der Waals surface area (Å²) >= 11 is 0. The smallest absolute Gasteiger partial charge is 0.132 e. The van der Waals surface area contributed by atoms with Crippen LogP contribution in [0.15, 0.2) is 42.5 Å². The number of fused-ring (bicyclic) bond motifs is 2. The van der Waals surface area contributed by atoms with E-state index in [0.717, 1.165) is 28.4 Å². The highest BCUT2D eigenvalue weighted by molar-refractivity contribution is 5.54. The molecule has 1 aliphatic heterocycles. The second-order valence-electron chi connectivity index (χ2n) is 4.02. The van der Waals surface area contributed by atoms with Crippen LogP contribution in [0.1, 0.15) is 17.2 Å². The maximum Gasteiger partial charge on any atom is 0.132 e. The van der Waals surface area contributed by atoms with Gasteiger partial charge in [0.15, 0.2) is 0 Å². The van der Waals surface area contributed by atoms with Gasteiger partial charge in [0.2, 0.25) is 0 Å². The van der Waals surface area contributed by atoms with Gasteiger partial charge in [0, 0.05) is 11.1 Å². The summed E-state index contributed by atoms with van der Waals surface area (Å²) in [5.74, 6) is 2.43. The van der Waals surface area contributed by atoms with E-state index >= 15 is 0 Å². The van der Waals surface area contributed by atoms with Crippen LogP contribution in [0, 0.1) is 0 Å². The van der Waals surface area contributed by atoms with Crippen LogP contribution in [0.5, 0.6) is 17.2 Å². The second kappa shape index (κ2) is 3.79. The second-order valence-corrected chi connectivity index (χ2v) is 4.02. The van der Waals surface area contributed by atoms with E-state index in [2.05, 4.69) is 0 Å². The van der Waals surface area contributed by atoms with Gasteiger partial charge in [-0.3, -0.25) is 0 Å². The number of methoxy groups -OCH3 is 1. The normalized spacial score (nSPS) is 16.7. The fourth-order valence-electron chi connectivity index (χ4n) is 2.11. The lowest BCUT2D eigenvalue weighted by atomic mass is 9.95. The number of nitrogens with two attached hydrogens (primary N) is 1. The molecule has 0 fully saturated rings. The molecule has 2 aromatic rings. The Labute approximate surface area is 99.8 Å². The first-order valence-corrected chi connectivity index (χ1v) is 5.50. The SMILES string of the molecule is COc1ccc2c(c1)C(N)c1ccccc1O2. The fraction of sp³-hybridized carbons (Fsp3) is 0.143. The van der Waals surface area contributed by atoms with Crippen LogP contribution in [0.4, 0.5) is 0 Å². The molecule has 2 aromatic carbocycles. The van der Waals surface area contributed by atoms with E-state index in [1.54, 1.807) is 7.11 Å². The molecule has 0 amide bonds. The molecule has 1 unspecified atom stereocenters. The standard InChI is InChI=1S/C14H13NO2/c1-16-9-6-7-13-11(8-9)14(15)10-4-2-3-5-12(10)17-13/h2-8,14H,15H2,1H3. The Hall–Kier alpha value is -2.00. The largest absolute Gasteiger partial charge is 0.497 e. The first-order chi connectivity index (χ1) is 8.29. The molecular weight excluding hydrogens is 214 g/mol. The maximum absolute atomic E-state index is 6.25. The molecule has 0 aliphatic carbocycles. The van der Waals surface area contributed by atoms with Crippen molar-refractivity contribution in [3.63, 3.8) is 0 Å². The summed E-state index contributed by atoms with van der Waals surface area (Å²) in [6.45, 7) is 0. The quantitative estimate of drug-likeness (QED) is 0.814. The van der Waals surface area contributed by atoms with Crippen molar-refractivity contribution in [3.05, 3.63) is 53.6 Å². The van der Waals surface area contributed by atoms with E-state index in [-0.39, 0.29) is 6.04 Å². The van der Waals surface area contributed by atoms with Gasteiger partial charge in [-0.1, -0.05) is 18.2 Å². The Morgan fingerprint density at radius 2 is 1.82 bits per heavy atom. The van der Waals surface area contributed by atoms with Gasteiger partial charge in [0.25, 0.3) is 0 Å². The highest BCUT2D eigenvalue weighted by Crippen LogP contribution is 2.42. The molecule has 3 rings (SSSR count). The van der Waals surface area contributed by atoms with Crippen molar-refractivity contribution in [1.82, 2.24) is 0 Å². The van der Waals surface area contributed by atoms with Crippen molar-refractivity contribution >= 4 is 0 Å². The van der Waals surface area contributed by atoms with Crippen LogP contribution >= 0.6 is 0 Å². The van der Waals surface area contributed by atoms with E-state index in [0.29, 0.717) is 0 Å². The molecule has 0 bridgehead atoms. The molecule has 1 atom stereocenters. The number of rotatable bonds is 1. The zero-order chi connectivity index (χ0) is 11.8. The first-order valence-electron chi connectivity index (χ1n) is 5.50. The molecule has 0 aromatic heterocycles. The third kappa shape index (κ3) is 1.56. The van der Waals surface area contributed by atoms with Gasteiger partial charge >= 0.3 is 0 Å². The fourth-order valence-corrected chi connectivity index (χ4v) is 2.11. The van der Waals surface area contributed by atoms with Crippen LogP contribution in [-0.2, 0) is 0 Å². The molecular formula is C14H13NO2. The van der Waals surface area contributed by atoms with E-state index in [1.807, 2.05) is 42.5 Å². The third-order valence-electron chi connectivity index (χ3n) is 3.03. The lowest BCUT2D eigenvalue weighted by Gasteiger charge is -2.25. The van der Waals surface area contributed by atoms with E-state index in [4.69, 9.17) is 15.2 Å². The number of hydrogen-bond donors (Lipinski definition) is 1. The Morgan fingerprint density at radius 1 is 1.06 bits per heavy atom. The predicted octanol–water partition coefficient (Wildman–Crippen LogP) is 2.85. The minimum absolute atomic E-state index is 0.162. The summed E-state index contributed by atoms with van der Waals surface area (Å²) in [4.78, 5) is 0. The lowest BCUT2D eigenvalue weighted by molar-refractivity contribution is 0.408. The van der Waals surface area contributed by atoms with Crippen molar-refractivity contribution in [2.75, 3.05) is 7.11 Å². The van der Waals surface area contributed by atoms with E-state index in [1.165, 1.54) is 0 Å². The van der Waals surface area contributed by atoms with Gasteiger partial charge < -0.3 is 15.2 Å². The Kier molecular flexibility index (Phi) is 2.27. The number of para-hydroxylation sites is 1. The van der Waals surface area contributed by atoms with Crippen LogP contribution in [0.3, 0.4) is 0 Å². The van der Waals surface area contributed by atoms with E-state index < -0.39 is 0 Å². The average Bonchev–Trinajstić information content (AvgIpc) is 2.39. The maximum atomic E-state index is 6.25. The van der Waals surface area contributed by atoms with Crippen molar-refractivity contribution < 1.29 is 9.47 Å². The Balaban J connectivity index is 2.13. The van der Waals surface area contributed by atoms with Crippen LogP contribution < -0.4 is 15.2 Å². The van der Waals surface area contributed by atoms with E-state index in [9.17, 15) is 0 Å². The summed E-state index contributed by atoms with van der Waals surface area (Å²) < 4.78 is 11.0. The molecule has 2 N–H and O–H groups in total. The third-order valence-corrected chi connectivity index (χ3v) is 3.03. The number of ether oxygens (including phenoxy) is 2. The van der Waals surface area contributed by atoms with Crippen molar-refractivity contribution in [3.8, 4) is 17.2 Å². The highest BCUT2D eigenvalue weighted by atomic mass is 16.5. The van der Waals surface area contributed by atoms with Crippen LogP contribution in [-0.4, -0.2) is 7.11 Å².